The third-order valence-corrected chi connectivity index (χ3v) is 27.4. The quantitative estimate of drug-likeness (QED) is 0.00552. The number of aliphatic hydroxyl groups excluding tert-OH is 1. The molecule has 0 aromatic heterocycles. The largest absolute Gasteiger partial charge is 0.457 e. The zero-order valence-corrected chi connectivity index (χ0v) is 81.5. The molecule has 1 N–H and O–H groups in total. The van der Waals surface area contributed by atoms with Crippen LogP contribution >= 0.6 is 11.6 Å². The van der Waals surface area contributed by atoms with Gasteiger partial charge in [0.25, 0.3) is 23.6 Å². The number of imide groups is 2. The highest BCUT2D eigenvalue weighted by Gasteiger charge is 2.66. The number of halogens is 1. The van der Waals surface area contributed by atoms with Crippen molar-refractivity contribution in [2.45, 2.75) is 212 Å². The molecule has 28 atom stereocenters. The van der Waals surface area contributed by atoms with Crippen LogP contribution in [-0.2, 0) is 132 Å². The van der Waals surface area contributed by atoms with Crippen molar-refractivity contribution in [2.75, 3.05) is 52.1 Å². The molecule has 8 fully saturated rings. The van der Waals surface area contributed by atoms with Gasteiger partial charge in [-0.1, -0.05) is 242 Å². The fraction of sp³-hybridized carbons (Fsp3) is 0.378. The number of aliphatic hydroxyl groups is 1. The molecule has 38 nitrogen and oxygen atoms in total. The number of alkyl halides is 1. The minimum absolute atomic E-state index is 0.00492. The van der Waals surface area contributed by atoms with Crippen LogP contribution < -0.4 is 0 Å². The summed E-state index contributed by atoms with van der Waals surface area (Å²) in [6.07, 6.45) is -43.6. The fourth-order valence-electron chi connectivity index (χ4n) is 20.1. The van der Waals surface area contributed by atoms with E-state index in [1.807, 2.05) is 0 Å². The van der Waals surface area contributed by atoms with Crippen LogP contribution in [0.3, 0.4) is 0 Å². The number of carbonyl (C=O) groups is 9. The molecule has 8 saturated heterocycles. The standard InChI is InChI=1S/C111H106ClN5O33/c1-63(118)134-90-83(117-99(123)74-51-29-30-52-75(74)100(117)124)108(136-77(59-129-57-65-35-13-3-14-36-65)86(90)148-111-95(142-102(126)67-39-17-5-18-40-67)91(140-81(119)55-112)87-79(139-111)61-132-104(145-87)69-43-21-7-22-44-69)150-93-89-80(62-133-106(147-89)71-47-25-9-26-48-71)138-110(96(93)143-103(127)68-41-19-6-20-42-68)144-85-76(58-128-56-64-33-11-2-12-34-64)135-107(82(84(85)120)116-97(121)72-49-27-28-50-73(72)98(116)122)149-92-88-78(60-131-105(146-88)70-45-23-8-24-46-70)137-109(130-54-32-10-31-53-114-115-113)94(92)141-101(125)66-37-15-4-16-38-66/h2-9,11-30,33-52,76-80,82-96,104-111,120H,10,31-32,53-62H2,1H3/t76-,77-,78-,79-,80-,82-,83-,84-,85-,86-,87+,88+,89+,90-,91+,92+,93+,94-,95-,96-,104?,105?,106?,107+,108+,109-,110+,111+/m1/s1. The summed E-state index contributed by atoms with van der Waals surface area (Å²) >= 11 is 6.32. The Balaban J connectivity index is 0.730. The number of fused-ring (bicyclic) bond motifs is 5. The van der Waals surface area contributed by atoms with E-state index in [9.17, 15) is 14.7 Å². The molecule has 4 amide bonds. The van der Waals surface area contributed by atoms with E-state index in [0.29, 0.717) is 47.1 Å². The minimum atomic E-state index is -2.31. The van der Waals surface area contributed by atoms with E-state index in [2.05, 4.69) is 10.0 Å². The number of hydrogen-bond acceptors (Lipinski definition) is 34. The van der Waals surface area contributed by atoms with Gasteiger partial charge < -0.3 is 114 Å². The van der Waals surface area contributed by atoms with E-state index in [-0.39, 0.29) is 78.5 Å². The van der Waals surface area contributed by atoms with Gasteiger partial charge in [-0.15, -0.1) is 11.6 Å². The maximum atomic E-state index is 16.2. The van der Waals surface area contributed by atoms with Crippen molar-refractivity contribution in [3.05, 3.63) is 368 Å². The molecule has 780 valence electrons. The van der Waals surface area contributed by atoms with Crippen LogP contribution in [0.4, 0.5) is 0 Å². The van der Waals surface area contributed by atoms with Gasteiger partial charge in [-0.2, -0.15) is 0 Å². The maximum absolute atomic E-state index is 16.2. The lowest BCUT2D eigenvalue weighted by Crippen LogP contribution is -2.72. The summed E-state index contributed by atoms with van der Waals surface area (Å²) in [7, 11) is 0. The van der Waals surface area contributed by atoms with Gasteiger partial charge in [-0.05, 0) is 90.2 Å². The molecule has 10 aromatic carbocycles. The average Bonchev–Trinajstić information content (AvgIpc) is 1.61. The van der Waals surface area contributed by atoms with Gasteiger partial charge in [-0.25, -0.2) is 14.4 Å². The topological polar surface area (TPSA) is 441 Å². The van der Waals surface area contributed by atoms with Gasteiger partial charge in [0.2, 0.25) is 0 Å². The van der Waals surface area contributed by atoms with Crippen molar-refractivity contribution in [2.24, 2.45) is 5.11 Å². The van der Waals surface area contributed by atoms with Gasteiger partial charge in [0.1, 0.15) is 97.3 Å². The number of amides is 4. The summed E-state index contributed by atoms with van der Waals surface area (Å²) in [5.74, 6) is -9.71. The van der Waals surface area contributed by atoms with Crippen molar-refractivity contribution in [1.29, 1.82) is 0 Å². The van der Waals surface area contributed by atoms with Gasteiger partial charge in [-0.3, -0.25) is 38.6 Å². The Morgan fingerprint density at radius 2 is 0.720 bits per heavy atom. The van der Waals surface area contributed by atoms with E-state index in [1.54, 1.807) is 218 Å². The first kappa shape index (κ1) is 104. The second kappa shape index (κ2) is 48.3. The van der Waals surface area contributed by atoms with Crippen LogP contribution in [0.15, 0.2) is 296 Å². The van der Waals surface area contributed by atoms with Crippen molar-refractivity contribution >= 4 is 65.1 Å². The van der Waals surface area contributed by atoms with E-state index < -0.39 is 251 Å². The first-order valence-electron chi connectivity index (χ1n) is 49.4. The molecule has 10 aromatic rings. The van der Waals surface area contributed by atoms with Crippen LogP contribution in [-0.4, -0.2) is 274 Å². The molecule has 0 saturated carbocycles. The van der Waals surface area contributed by atoms with E-state index in [4.69, 9.17) is 126 Å². The number of azide groups is 1. The van der Waals surface area contributed by atoms with Crippen molar-refractivity contribution < 1.29 is 157 Å². The van der Waals surface area contributed by atoms with Crippen molar-refractivity contribution in [3.8, 4) is 0 Å². The molecule has 3 unspecified atom stereocenters. The van der Waals surface area contributed by atoms with Crippen LogP contribution in [0.2, 0.25) is 0 Å². The fourth-order valence-corrected chi connectivity index (χ4v) is 20.2. The molecule has 0 radical (unpaired) electrons. The lowest BCUT2D eigenvalue weighted by molar-refractivity contribution is -0.411. The molecule has 0 bridgehead atoms. The summed E-state index contributed by atoms with van der Waals surface area (Å²) < 4.78 is 159. The SMILES string of the molecule is CC(=O)O[C@H]1[C@H](O[C@@H]2O[C@@H]3COC(c4ccccc4)O[C@@H]3[C@H](OC(=O)CCl)[C@H]2OC(=O)c2ccccc2)[C@@H](COCc2ccccc2)O[C@@H](O[C@H]2[C@H]3OC(c4ccccc4)OC[C@H]3O[C@@H](O[C@H]3[C@H](O)[C@@H](N4C(=O)c5ccccc5C4=O)[C@H](O[C@H]4[C@H]5OC(c6ccccc6)OC[C@H]5O[C@@H](OCCCCCN=[N+]=[N-])[C@@H]4OC(=O)c4ccccc4)O[C@@H]3COCc3ccccc3)[C@@H]2OC(=O)c2ccccc2)[C@@H]1N1C(=O)c2ccccc2C1=O. The smallest absolute Gasteiger partial charge is 0.338 e. The number of nitrogens with zero attached hydrogens (tertiary/aromatic N) is 5. The molecular formula is C111H106ClN5O33. The van der Waals surface area contributed by atoms with E-state index in [1.165, 1.54) is 72.8 Å². The second-order valence-electron chi connectivity index (χ2n) is 36.9. The number of esters is 5. The highest BCUT2D eigenvalue weighted by molar-refractivity contribution is 6.26. The molecular weight excluding hydrogens is 1970 g/mol. The van der Waals surface area contributed by atoms with Crippen molar-refractivity contribution in [1.82, 2.24) is 9.80 Å². The first-order valence-corrected chi connectivity index (χ1v) is 50.0. The van der Waals surface area contributed by atoms with Gasteiger partial charge >= 0.3 is 29.8 Å². The Morgan fingerprint density at radius 1 is 0.373 bits per heavy atom. The molecule has 0 aliphatic carbocycles. The van der Waals surface area contributed by atoms with Gasteiger partial charge in [0.15, 0.2) is 80.8 Å². The second-order valence-corrected chi connectivity index (χ2v) is 37.2. The first-order chi connectivity index (χ1) is 73.4. The number of ether oxygens (including phenoxy) is 23. The number of benzene rings is 10. The third kappa shape index (κ3) is 23.1. The molecule has 0 spiro atoms. The lowest BCUT2D eigenvalue weighted by atomic mass is 9.92. The summed E-state index contributed by atoms with van der Waals surface area (Å²) in [6.45, 7) is -1.29. The molecule has 10 heterocycles. The monoisotopic (exact) mass is 2070 g/mol. The molecule has 10 aliphatic heterocycles. The molecule has 150 heavy (non-hydrogen) atoms. The summed E-state index contributed by atoms with van der Waals surface area (Å²) in [6, 6.07) is 75.2. The maximum Gasteiger partial charge on any atom is 0.338 e. The summed E-state index contributed by atoms with van der Waals surface area (Å²) in [5, 5.41) is 18.2. The predicted octanol–water partition coefficient (Wildman–Crippen LogP) is 12.9. The van der Waals surface area contributed by atoms with E-state index >= 15 is 33.6 Å². The van der Waals surface area contributed by atoms with Crippen LogP contribution in [0.25, 0.3) is 10.4 Å². The predicted molar refractivity (Wildman–Crippen MR) is 519 cm³/mol. The summed E-state index contributed by atoms with van der Waals surface area (Å²) in [5.41, 5.74) is 11.4. The van der Waals surface area contributed by atoms with Gasteiger partial charge in [0.05, 0.1) is 85.2 Å². The van der Waals surface area contributed by atoms with Crippen molar-refractivity contribution in [3.63, 3.8) is 0 Å². The Hall–Kier alpha value is -13.3. The highest BCUT2D eigenvalue weighted by Crippen LogP contribution is 2.48. The van der Waals surface area contributed by atoms with Crippen LogP contribution in [0.1, 0.15) is 145 Å². The molecule has 20 rings (SSSR count). The average molecular weight is 2070 g/mol. The normalized spacial score (nSPS) is 30.3. The lowest BCUT2D eigenvalue weighted by Gasteiger charge is -2.54. The van der Waals surface area contributed by atoms with Crippen LogP contribution in [0, 0.1) is 0 Å². The zero-order chi connectivity index (χ0) is 103. The zero-order valence-electron chi connectivity index (χ0n) is 80.7. The number of hydrogen-bond donors (Lipinski definition) is 1. The Labute approximate surface area is 864 Å². The highest BCUT2D eigenvalue weighted by atomic mass is 35.5. The third-order valence-electron chi connectivity index (χ3n) is 27.2. The number of unbranched alkanes of at least 4 members (excludes halogenated alkanes) is 2. The van der Waals surface area contributed by atoms with E-state index in [0.717, 1.165) is 16.7 Å². The molecule has 39 heteroatoms. The Bertz CT molecular complexity index is 6320. The molecule has 10 aliphatic rings. The number of carbonyl (C=O) groups excluding carboxylic acids is 9. The summed E-state index contributed by atoms with van der Waals surface area (Å²) in [4.78, 5) is 144. The Kier molecular flexibility index (Phi) is 33.4. The van der Waals surface area contributed by atoms with Crippen LogP contribution in [0.5, 0.6) is 0 Å². The van der Waals surface area contributed by atoms with Gasteiger partial charge in [0, 0.05) is 41.7 Å². The number of rotatable bonds is 37. The Morgan fingerprint density at radius 3 is 1.13 bits per heavy atom. The minimum Gasteiger partial charge on any atom is -0.457 e.